The second kappa shape index (κ2) is 4.76. The van der Waals surface area contributed by atoms with Gasteiger partial charge in [0.1, 0.15) is 0 Å². The van der Waals surface area contributed by atoms with Crippen molar-refractivity contribution in [2.24, 2.45) is 12.8 Å². The normalized spacial score (nSPS) is 12.9. The molecule has 4 nitrogen and oxygen atoms in total. The topological polar surface area (TPSA) is 56.7 Å². The Bertz CT molecular complexity index is 460. The monoisotopic (exact) mass is 236 g/mol. The molecule has 0 aliphatic rings. The quantitative estimate of drug-likeness (QED) is 0.881. The molecule has 2 heterocycles. The fourth-order valence-electron chi connectivity index (χ4n) is 1.65. The van der Waals surface area contributed by atoms with E-state index in [0.29, 0.717) is 0 Å². The molecule has 2 aromatic rings. The summed E-state index contributed by atoms with van der Waals surface area (Å²) in [6, 6.07) is 2.05. The lowest BCUT2D eigenvalue weighted by atomic mass is 10.1. The molecule has 1 unspecified atom stereocenters. The van der Waals surface area contributed by atoms with Crippen LogP contribution < -0.4 is 5.73 Å². The van der Waals surface area contributed by atoms with Crippen molar-refractivity contribution in [3.8, 4) is 0 Å². The highest BCUT2D eigenvalue weighted by Gasteiger charge is 2.10. The third-order valence-electron chi connectivity index (χ3n) is 2.65. The first-order valence-corrected chi connectivity index (χ1v) is 6.19. The van der Waals surface area contributed by atoms with Crippen LogP contribution in [0.25, 0.3) is 0 Å². The summed E-state index contributed by atoms with van der Waals surface area (Å²) < 4.78 is 1.89. The van der Waals surface area contributed by atoms with Gasteiger partial charge in [-0.1, -0.05) is 0 Å². The molecule has 0 aromatic carbocycles. The molecule has 0 radical (unpaired) electrons. The van der Waals surface area contributed by atoms with Crippen LogP contribution in [0.2, 0.25) is 0 Å². The van der Waals surface area contributed by atoms with Crippen LogP contribution in [-0.2, 0) is 13.5 Å². The zero-order chi connectivity index (χ0) is 11.5. The molecule has 2 rings (SSSR count). The van der Waals surface area contributed by atoms with E-state index >= 15 is 0 Å². The fourth-order valence-corrected chi connectivity index (χ4v) is 2.33. The number of nitrogens with zero attached hydrogens (tertiary/aromatic N) is 3. The highest BCUT2D eigenvalue weighted by molar-refractivity contribution is 7.09. The summed E-state index contributed by atoms with van der Waals surface area (Å²) >= 11 is 1.65. The maximum absolute atomic E-state index is 6.09. The van der Waals surface area contributed by atoms with Crippen molar-refractivity contribution in [3.63, 3.8) is 0 Å². The van der Waals surface area contributed by atoms with Gasteiger partial charge < -0.3 is 5.73 Å². The third-order valence-corrected chi connectivity index (χ3v) is 3.44. The zero-order valence-electron chi connectivity index (χ0n) is 9.55. The summed E-state index contributed by atoms with van der Waals surface area (Å²) in [6.45, 7) is 2.00. The SMILES string of the molecule is Cc1nc(C(N)CCc2ccnn2C)cs1. The molecule has 0 saturated heterocycles. The molecule has 0 aliphatic carbocycles. The Kier molecular flexibility index (Phi) is 3.36. The van der Waals surface area contributed by atoms with E-state index in [0.717, 1.165) is 23.5 Å². The van der Waals surface area contributed by atoms with Gasteiger partial charge in [0.15, 0.2) is 0 Å². The largest absolute Gasteiger partial charge is 0.323 e. The lowest BCUT2D eigenvalue weighted by molar-refractivity contribution is 0.604. The summed E-state index contributed by atoms with van der Waals surface area (Å²) in [4.78, 5) is 4.40. The van der Waals surface area contributed by atoms with Crippen LogP contribution in [0.3, 0.4) is 0 Å². The minimum Gasteiger partial charge on any atom is -0.323 e. The van der Waals surface area contributed by atoms with Gasteiger partial charge in [-0.05, 0) is 25.8 Å². The van der Waals surface area contributed by atoms with Crippen molar-refractivity contribution in [3.05, 3.63) is 34.0 Å². The number of aryl methyl sites for hydroxylation is 3. The van der Waals surface area contributed by atoms with Crippen LogP contribution in [-0.4, -0.2) is 14.8 Å². The highest BCUT2D eigenvalue weighted by Crippen LogP contribution is 2.18. The Labute approximate surface area is 99.1 Å². The molecule has 0 spiro atoms. The predicted molar refractivity (Wildman–Crippen MR) is 65.3 cm³/mol. The molecule has 16 heavy (non-hydrogen) atoms. The number of hydrogen-bond donors (Lipinski definition) is 1. The molecule has 0 amide bonds. The van der Waals surface area contributed by atoms with Crippen LogP contribution in [0.4, 0.5) is 0 Å². The number of thiazole rings is 1. The van der Waals surface area contributed by atoms with Crippen molar-refractivity contribution in [2.75, 3.05) is 0 Å². The second-order valence-corrected chi connectivity index (χ2v) is 4.94. The van der Waals surface area contributed by atoms with Gasteiger partial charge in [-0.25, -0.2) is 4.98 Å². The smallest absolute Gasteiger partial charge is 0.0898 e. The zero-order valence-corrected chi connectivity index (χ0v) is 10.4. The van der Waals surface area contributed by atoms with Gasteiger partial charge in [-0.2, -0.15) is 5.10 Å². The second-order valence-electron chi connectivity index (χ2n) is 3.88. The summed E-state index contributed by atoms with van der Waals surface area (Å²) in [5, 5.41) is 7.25. The molecule has 1 atom stereocenters. The molecular weight excluding hydrogens is 220 g/mol. The first kappa shape index (κ1) is 11.3. The van der Waals surface area contributed by atoms with Crippen molar-refractivity contribution >= 4 is 11.3 Å². The molecular formula is C11H16N4S. The Morgan fingerprint density at radius 1 is 1.56 bits per heavy atom. The van der Waals surface area contributed by atoms with Gasteiger partial charge in [-0.3, -0.25) is 4.68 Å². The molecule has 0 saturated carbocycles. The Morgan fingerprint density at radius 2 is 2.38 bits per heavy atom. The van der Waals surface area contributed by atoms with Crippen LogP contribution >= 0.6 is 11.3 Å². The van der Waals surface area contributed by atoms with Crippen molar-refractivity contribution in [1.29, 1.82) is 0 Å². The van der Waals surface area contributed by atoms with E-state index in [1.165, 1.54) is 5.69 Å². The maximum Gasteiger partial charge on any atom is 0.0898 e. The molecule has 0 fully saturated rings. The minimum atomic E-state index is 0.0276. The average Bonchev–Trinajstić information content (AvgIpc) is 2.84. The van der Waals surface area contributed by atoms with E-state index in [1.54, 1.807) is 11.3 Å². The standard InChI is InChI=1S/C11H16N4S/c1-8-14-11(7-16-8)10(12)4-3-9-5-6-13-15(9)2/h5-7,10H,3-4,12H2,1-2H3. The summed E-state index contributed by atoms with van der Waals surface area (Å²) in [7, 11) is 1.95. The minimum absolute atomic E-state index is 0.0276. The molecule has 0 aliphatic heterocycles. The molecule has 5 heteroatoms. The van der Waals surface area contributed by atoms with Gasteiger partial charge in [-0.15, -0.1) is 11.3 Å². The van der Waals surface area contributed by atoms with E-state index < -0.39 is 0 Å². The van der Waals surface area contributed by atoms with Gasteiger partial charge in [0.2, 0.25) is 0 Å². The van der Waals surface area contributed by atoms with Crippen LogP contribution in [0.15, 0.2) is 17.6 Å². The Morgan fingerprint density at radius 3 is 2.94 bits per heavy atom. The van der Waals surface area contributed by atoms with E-state index in [4.69, 9.17) is 5.73 Å². The highest BCUT2D eigenvalue weighted by atomic mass is 32.1. The van der Waals surface area contributed by atoms with Crippen LogP contribution in [0, 0.1) is 6.92 Å². The number of aromatic nitrogens is 3. The summed E-state index contributed by atoms with van der Waals surface area (Å²) in [5.74, 6) is 0. The lowest BCUT2D eigenvalue weighted by Crippen LogP contribution is -2.12. The number of rotatable bonds is 4. The van der Waals surface area contributed by atoms with E-state index in [2.05, 4.69) is 10.1 Å². The fraction of sp³-hybridized carbons (Fsp3) is 0.455. The van der Waals surface area contributed by atoms with E-state index in [9.17, 15) is 0 Å². The number of nitrogens with two attached hydrogens (primary N) is 1. The van der Waals surface area contributed by atoms with Crippen LogP contribution in [0.1, 0.15) is 28.9 Å². The first-order chi connectivity index (χ1) is 7.66. The number of hydrogen-bond acceptors (Lipinski definition) is 4. The van der Waals surface area contributed by atoms with Gasteiger partial charge >= 0.3 is 0 Å². The van der Waals surface area contributed by atoms with E-state index in [1.807, 2.05) is 36.3 Å². The molecule has 2 aromatic heterocycles. The van der Waals surface area contributed by atoms with Crippen LogP contribution in [0.5, 0.6) is 0 Å². The van der Waals surface area contributed by atoms with Crippen molar-refractivity contribution in [1.82, 2.24) is 14.8 Å². The maximum atomic E-state index is 6.09. The van der Waals surface area contributed by atoms with Crippen molar-refractivity contribution < 1.29 is 0 Å². The van der Waals surface area contributed by atoms with E-state index in [-0.39, 0.29) is 6.04 Å². The molecule has 86 valence electrons. The van der Waals surface area contributed by atoms with Gasteiger partial charge in [0.25, 0.3) is 0 Å². The third kappa shape index (κ3) is 2.48. The molecule has 2 N–H and O–H groups in total. The average molecular weight is 236 g/mol. The first-order valence-electron chi connectivity index (χ1n) is 5.31. The lowest BCUT2D eigenvalue weighted by Gasteiger charge is -2.08. The Hall–Kier alpha value is -1.20. The summed E-state index contributed by atoms with van der Waals surface area (Å²) in [5.41, 5.74) is 8.30. The van der Waals surface area contributed by atoms with Crippen molar-refractivity contribution in [2.45, 2.75) is 25.8 Å². The molecule has 0 bridgehead atoms. The predicted octanol–water partition coefficient (Wildman–Crippen LogP) is 1.82. The summed E-state index contributed by atoms with van der Waals surface area (Å²) in [6.07, 6.45) is 3.66. The van der Waals surface area contributed by atoms with Gasteiger partial charge in [0.05, 0.1) is 10.7 Å². The Balaban J connectivity index is 1.93. The van der Waals surface area contributed by atoms with Gasteiger partial charge in [0, 0.05) is 30.4 Å².